The van der Waals surface area contributed by atoms with Crippen LogP contribution in [0.3, 0.4) is 0 Å². The quantitative estimate of drug-likeness (QED) is 0.462. The van der Waals surface area contributed by atoms with Gasteiger partial charge in [0, 0.05) is 37.4 Å². The van der Waals surface area contributed by atoms with E-state index < -0.39 is 0 Å². The Labute approximate surface area is 198 Å². The number of aryl methyl sites for hydroxylation is 2. The van der Waals surface area contributed by atoms with Gasteiger partial charge in [-0.15, -0.1) is 0 Å². The Balaban J connectivity index is 1.44. The molecule has 7 rings (SSSR count). The second-order valence-corrected chi connectivity index (χ2v) is 9.65. The van der Waals surface area contributed by atoms with Gasteiger partial charge < -0.3 is 14.2 Å². The molecular formula is C26H28N6O2. The molecule has 34 heavy (non-hydrogen) atoms. The number of hydrogen-bond acceptors (Lipinski definition) is 7. The lowest BCUT2D eigenvalue weighted by molar-refractivity contribution is 0.225. The molecule has 8 nitrogen and oxygen atoms in total. The SMILES string of the molecule is Cc1noc(C)c1-c1ccc2nc(N3CCN4CCC[C@H]4C3)n3c2c1OC[C@@H]3c1ccccn1. The number of fused-ring (bicyclic) bond motifs is 1. The van der Waals surface area contributed by atoms with E-state index in [0.717, 1.165) is 70.6 Å². The number of piperazine rings is 1. The van der Waals surface area contributed by atoms with Gasteiger partial charge in [-0.1, -0.05) is 11.2 Å². The summed E-state index contributed by atoms with van der Waals surface area (Å²) in [5, 5.41) is 4.18. The van der Waals surface area contributed by atoms with Crippen molar-refractivity contribution >= 4 is 17.0 Å². The van der Waals surface area contributed by atoms with E-state index in [9.17, 15) is 0 Å². The lowest BCUT2D eigenvalue weighted by atomic mass is 10.0. The standard InChI is InChI=1S/C26H28N6O2/c1-16-23(17(2)34-29-16)19-8-9-21-24-25(19)33-15-22(20-7-3-4-10-27-20)32(24)26(28-21)31-13-12-30-11-5-6-18(30)14-31/h3-4,7-10,18,22H,5-6,11-15H2,1-2H3/t18-,22+/m0/s1. The number of aromatic nitrogens is 4. The minimum absolute atomic E-state index is 0.0322. The Kier molecular flexibility index (Phi) is 4.45. The van der Waals surface area contributed by atoms with Gasteiger partial charge in [-0.2, -0.15) is 0 Å². The molecule has 6 heterocycles. The van der Waals surface area contributed by atoms with Gasteiger partial charge in [0.05, 0.1) is 22.5 Å². The zero-order valence-electron chi connectivity index (χ0n) is 19.6. The third kappa shape index (κ3) is 2.91. The zero-order chi connectivity index (χ0) is 22.8. The van der Waals surface area contributed by atoms with Crippen molar-refractivity contribution in [1.29, 1.82) is 0 Å². The van der Waals surface area contributed by atoms with Crippen molar-refractivity contribution in [2.75, 3.05) is 37.7 Å². The van der Waals surface area contributed by atoms with Crippen LogP contribution in [-0.4, -0.2) is 63.4 Å². The molecule has 2 saturated heterocycles. The van der Waals surface area contributed by atoms with Crippen LogP contribution in [0.4, 0.5) is 5.95 Å². The van der Waals surface area contributed by atoms with Crippen LogP contribution in [-0.2, 0) is 0 Å². The molecule has 4 aromatic rings. The second-order valence-electron chi connectivity index (χ2n) is 9.65. The Morgan fingerprint density at radius 1 is 1.06 bits per heavy atom. The van der Waals surface area contributed by atoms with Crippen LogP contribution in [0.5, 0.6) is 5.75 Å². The molecule has 3 aliphatic rings. The van der Waals surface area contributed by atoms with Gasteiger partial charge in [-0.05, 0) is 57.5 Å². The van der Waals surface area contributed by atoms with Gasteiger partial charge in [-0.25, -0.2) is 4.98 Å². The molecule has 0 spiro atoms. The summed E-state index contributed by atoms with van der Waals surface area (Å²) in [6.45, 7) is 8.76. The fraction of sp³-hybridized carbons (Fsp3) is 0.423. The fourth-order valence-corrected chi connectivity index (χ4v) is 6.07. The van der Waals surface area contributed by atoms with Gasteiger partial charge in [0.25, 0.3) is 0 Å². The summed E-state index contributed by atoms with van der Waals surface area (Å²) in [6, 6.07) is 10.9. The van der Waals surface area contributed by atoms with Gasteiger partial charge in [0.1, 0.15) is 23.9 Å². The summed E-state index contributed by atoms with van der Waals surface area (Å²) in [6.07, 6.45) is 4.42. The average Bonchev–Trinajstić information content (AvgIpc) is 3.58. The van der Waals surface area contributed by atoms with E-state index in [1.165, 1.54) is 19.4 Å². The molecule has 0 aliphatic carbocycles. The maximum Gasteiger partial charge on any atom is 0.207 e. The fourth-order valence-electron chi connectivity index (χ4n) is 6.07. The number of anilines is 1. The smallest absolute Gasteiger partial charge is 0.207 e. The van der Waals surface area contributed by atoms with Gasteiger partial charge in [0.15, 0.2) is 5.75 Å². The summed E-state index contributed by atoms with van der Waals surface area (Å²) in [5.74, 6) is 2.68. The predicted octanol–water partition coefficient (Wildman–Crippen LogP) is 3.97. The minimum atomic E-state index is -0.0322. The molecule has 1 aromatic carbocycles. The third-order valence-electron chi connectivity index (χ3n) is 7.69. The molecule has 3 aliphatic heterocycles. The van der Waals surface area contributed by atoms with Crippen molar-refractivity contribution in [2.24, 2.45) is 0 Å². The largest absolute Gasteiger partial charge is 0.488 e. The summed E-state index contributed by atoms with van der Waals surface area (Å²) < 4.78 is 14.4. The number of imidazole rings is 1. The molecule has 2 atom stereocenters. The van der Waals surface area contributed by atoms with Crippen LogP contribution in [0, 0.1) is 13.8 Å². The number of ether oxygens (including phenoxy) is 1. The Morgan fingerprint density at radius 3 is 2.82 bits per heavy atom. The van der Waals surface area contributed by atoms with Crippen molar-refractivity contribution in [3.8, 4) is 16.9 Å². The van der Waals surface area contributed by atoms with E-state index in [-0.39, 0.29) is 6.04 Å². The van der Waals surface area contributed by atoms with Gasteiger partial charge in [-0.3, -0.25) is 14.5 Å². The van der Waals surface area contributed by atoms with E-state index in [2.05, 4.69) is 37.7 Å². The lowest BCUT2D eigenvalue weighted by Crippen LogP contribution is -2.51. The van der Waals surface area contributed by atoms with Crippen LogP contribution in [0.2, 0.25) is 0 Å². The van der Waals surface area contributed by atoms with E-state index in [0.29, 0.717) is 12.6 Å². The van der Waals surface area contributed by atoms with E-state index in [1.807, 2.05) is 32.2 Å². The molecule has 174 valence electrons. The topological polar surface area (TPSA) is 72.5 Å². The number of hydrogen-bond donors (Lipinski definition) is 0. The summed E-state index contributed by atoms with van der Waals surface area (Å²) >= 11 is 0. The highest BCUT2D eigenvalue weighted by atomic mass is 16.5. The molecule has 0 radical (unpaired) electrons. The molecule has 3 aromatic heterocycles. The van der Waals surface area contributed by atoms with E-state index >= 15 is 0 Å². The molecule has 0 amide bonds. The lowest BCUT2D eigenvalue weighted by Gasteiger charge is -2.39. The molecular weight excluding hydrogens is 428 g/mol. The van der Waals surface area contributed by atoms with Crippen LogP contribution in [0.25, 0.3) is 22.2 Å². The highest BCUT2D eigenvalue weighted by molar-refractivity contribution is 5.94. The third-order valence-corrected chi connectivity index (χ3v) is 7.69. The number of rotatable bonds is 3. The van der Waals surface area contributed by atoms with Crippen molar-refractivity contribution in [1.82, 2.24) is 24.6 Å². The molecule has 0 N–H and O–H groups in total. The van der Waals surface area contributed by atoms with Crippen LogP contribution in [0.15, 0.2) is 41.1 Å². The van der Waals surface area contributed by atoms with Crippen molar-refractivity contribution in [3.05, 3.63) is 53.7 Å². The Hall–Kier alpha value is -3.39. The number of pyridine rings is 1. The van der Waals surface area contributed by atoms with E-state index in [1.54, 1.807) is 0 Å². The van der Waals surface area contributed by atoms with Crippen molar-refractivity contribution in [3.63, 3.8) is 0 Å². The molecule has 0 bridgehead atoms. The first-order valence-corrected chi connectivity index (χ1v) is 12.2. The maximum absolute atomic E-state index is 6.50. The summed E-state index contributed by atoms with van der Waals surface area (Å²) in [7, 11) is 0. The monoisotopic (exact) mass is 456 g/mol. The Bertz CT molecular complexity index is 1360. The molecule has 0 saturated carbocycles. The zero-order valence-corrected chi connectivity index (χ0v) is 19.6. The van der Waals surface area contributed by atoms with Crippen molar-refractivity contribution in [2.45, 2.75) is 38.8 Å². The number of nitrogens with zero attached hydrogens (tertiary/aromatic N) is 6. The molecule has 2 fully saturated rings. The van der Waals surface area contributed by atoms with Crippen molar-refractivity contribution < 1.29 is 9.26 Å². The van der Waals surface area contributed by atoms with Crippen LogP contribution >= 0.6 is 0 Å². The second kappa shape index (κ2) is 7.56. The highest BCUT2D eigenvalue weighted by Crippen LogP contribution is 2.46. The summed E-state index contributed by atoms with van der Waals surface area (Å²) in [5.41, 5.74) is 5.86. The molecule has 8 heteroatoms. The Morgan fingerprint density at radius 2 is 2.00 bits per heavy atom. The molecule has 0 unspecified atom stereocenters. The van der Waals surface area contributed by atoms with Gasteiger partial charge in [0.2, 0.25) is 5.95 Å². The minimum Gasteiger partial charge on any atom is -0.488 e. The first-order valence-electron chi connectivity index (χ1n) is 12.2. The van der Waals surface area contributed by atoms with Gasteiger partial charge >= 0.3 is 0 Å². The maximum atomic E-state index is 6.50. The van der Waals surface area contributed by atoms with Crippen LogP contribution < -0.4 is 9.64 Å². The van der Waals surface area contributed by atoms with E-state index in [4.69, 9.17) is 19.2 Å². The average molecular weight is 457 g/mol. The highest BCUT2D eigenvalue weighted by Gasteiger charge is 2.37. The normalized spacial score (nSPS) is 22.2. The first-order chi connectivity index (χ1) is 16.7. The summed E-state index contributed by atoms with van der Waals surface area (Å²) in [4.78, 5) is 15.0. The number of benzene rings is 1. The first kappa shape index (κ1) is 20.0. The predicted molar refractivity (Wildman–Crippen MR) is 129 cm³/mol. The van der Waals surface area contributed by atoms with Crippen LogP contribution in [0.1, 0.15) is 36.0 Å².